The van der Waals surface area contributed by atoms with Crippen LogP contribution >= 0.6 is 0 Å². The Morgan fingerprint density at radius 2 is 2.00 bits per heavy atom. The lowest BCUT2D eigenvalue weighted by atomic mass is 9.95. The van der Waals surface area contributed by atoms with Gasteiger partial charge in [-0.15, -0.1) is 0 Å². The highest BCUT2D eigenvalue weighted by molar-refractivity contribution is 5.52. The number of fused-ring (bicyclic) bond motifs is 2. The van der Waals surface area contributed by atoms with E-state index >= 15 is 0 Å². The number of nitrogens with zero attached hydrogens (tertiary/aromatic N) is 3. The van der Waals surface area contributed by atoms with E-state index in [1.807, 2.05) is 6.07 Å². The zero-order valence-electron chi connectivity index (χ0n) is 16.9. The predicted molar refractivity (Wildman–Crippen MR) is 113 cm³/mol. The molecule has 3 aliphatic rings. The zero-order valence-corrected chi connectivity index (χ0v) is 16.9. The van der Waals surface area contributed by atoms with Gasteiger partial charge in [-0.1, -0.05) is 17.7 Å². The van der Waals surface area contributed by atoms with Crippen LogP contribution in [0.4, 0.5) is 11.8 Å². The number of hydrogen-bond acceptors (Lipinski definition) is 6. The Kier molecular flexibility index (Phi) is 5.22. The van der Waals surface area contributed by atoms with E-state index in [9.17, 15) is 5.11 Å². The minimum atomic E-state index is -0.183. The third-order valence-electron chi connectivity index (χ3n) is 5.81. The highest BCUT2D eigenvalue weighted by atomic mass is 16.3. The molecule has 0 saturated carbocycles. The molecule has 148 valence electrons. The first kappa shape index (κ1) is 18.7. The smallest absolute Gasteiger partial charge is 0.224 e. The molecule has 3 heterocycles. The molecule has 6 nitrogen and oxygen atoms in total. The van der Waals surface area contributed by atoms with Crippen molar-refractivity contribution in [3.63, 3.8) is 0 Å². The molecule has 0 atom stereocenters. The molecule has 1 aliphatic carbocycles. The molecule has 3 N–H and O–H groups in total. The first-order chi connectivity index (χ1) is 13.5. The van der Waals surface area contributed by atoms with Gasteiger partial charge in [0.15, 0.2) is 0 Å². The lowest BCUT2D eigenvalue weighted by Crippen LogP contribution is -2.36. The summed E-state index contributed by atoms with van der Waals surface area (Å²) < 4.78 is 0. The molecule has 1 aromatic heterocycles. The van der Waals surface area contributed by atoms with Gasteiger partial charge >= 0.3 is 0 Å². The Balaban J connectivity index is 1.49. The third-order valence-corrected chi connectivity index (χ3v) is 5.81. The summed E-state index contributed by atoms with van der Waals surface area (Å²) in [6.07, 6.45) is 8.66. The van der Waals surface area contributed by atoms with E-state index in [0.29, 0.717) is 12.5 Å². The largest absolute Gasteiger partial charge is 0.393 e. The van der Waals surface area contributed by atoms with Crippen LogP contribution in [0.25, 0.3) is 0 Å². The standard InChI is InChI=1S/C22H29N5O/c1-14-10-17-12-20(25-16(3)15(17)2)18(11-14)13-24-22-23-7-4-21(26-22)27-8-5-19(28)6-9-27/h4,7,10-11,19,25,28H,5-6,8-9,12-13H2,1-3H3,(H,23,24,26). The molecule has 0 aromatic carbocycles. The summed E-state index contributed by atoms with van der Waals surface area (Å²) >= 11 is 0. The van der Waals surface area contributed by atoms with Crippen LogP contribution in [0.15, 0.2) is 58.1 Å². The van der Waals surface area contributed by atoms with Crippen LogP contribution in [0.3, 0.4) is 0 Å². The molecule has 2 bridgehead atoms. The number of allylic oxidation sites excluding steroid dienone is 5. The van der Waals surface area contributed by atoms with Crippen LogP contribution in [0.5, 0.6) is 0 Å². The Bertz CT molecular complexity index is 888. The fraction of sp³-hybridized carbons (Fsp3) is 0.455. The van der Waals surface area contributed by atoms with Crippen LogP contribution in [-0.4, -0.2) is 40.8 Å². The second-order valence-electron chi connectivity index (χ2n) is 7.92. The summed E-state index contributed by atoms with van der Waals surface area (Å²) in [6, 6.07) is 1.94. The number of anilines is 2. The van der Waals surface area contributed by atoms with Crippen LogP contribution in [0.1, 0.15) is 40.0 Å². The summed E-state index contributed by atoms with van der Waals surface area (Å²) in [7, 11) is 0. The van der Waals surface area contributed by atoms with Crippen molar-refractivity contribution < 1.29 is 5.11 Å². The molecule has 0 amide bonds. The number of aliphatic hydroxyl groups is 1. The molecule has 0 unspecified atom stereocenters. The number of nitrogens with one attached hydrogen (secondary N) is 2. The molecule has 4 rings (SSSR count). The van der Waals surface area contributed by atoms with Crippen LogP contribution < -0.4 is 15.5 Å². The van der Waals surface area contributed by atoms with Gasteiger partial charge in [-0.2, -0.15) is 4.98 Å². The summed E-state index contributed by atoms with van der Waals surface area (Å²) in [5.74, 6) is 1.56. The van der Waals surface area contributed by atoms with E-state index < -0.39 is 0 Å². The molecule has 28 heavy (non-hydrogen) atoms. The maximum atomic E-state index is 9.71. The van der Waals surface area contributed by atoms with Gasteiger partial charge in [-0.25, -0.2) is 4.98 Å². The van der Waals surface area contributed by atoms with E-state index in [0.717, 1.165) is 38.2 Å². The Hall–Kier alpha value is -2.60. The second-order valence-corrected chi connectivity index (χ2v) is 7.92. The first-order valence-electron chi connectivity index (χ1n) is 10.1. The average molecular weight is 380 g/mol. The number of aromatic nitrogens is 2. The molecule has 1 fully saturated rings. The number of piperidine rings is 1. The van der Waals surface area contributed by atoms with E-state index in [2.05, 4.69) is 53.4 Å². The van der Waals surface area contributed by atoms with Crippen molar-refractivity contribution in [3.05, 3.63) is 58.1 Å². The minimum absolute atomic E-state index is 0.183. The number of hydrogen-bond donors (Lipinski definition) is 3. The van der Waals surface area contributed by atoms with Gasteiger partial charge < -0.3 is 20.6 Å². The molecule has 1 aromatic rings. The van der Waals surface area contributed by atoms with Crippen molar-refractivity contribution >= 4 is 11.8 Å². The summed E-state index contributed by atoms with van der Waals surface area (Å²) in [6.45, 7) is 8.81. The van der Waals surface area contributed by atoms with Gasteiger partial charge in [0.1, 0.15) is 5.82 Å². The molecule has 1 saturated heterocycles. The van der Waals surface area contributed by atoms with Gasteiger partial charge in [0, 0.05) is 43.6 Å². The van der Waals surface area contributed by atoms with E-state index in [-0.39, 0.29) is 6.10 Å². The van der Waals surface area contributed by atoms with Crippen molar-refractivity contribution in [3.8, 4) is 0 Å². The Morgan fingerprint density at radius 1 is 1.21 bits per heavy atom. The fourth-order valence-electron chi connectivity index (χ4n) is 4.00. The Labute approximate surface area is 166 Å². The third kappa shape index (κ3) is 3.97. The molecule has 0 spiro atoms. The van der Waals surface area contributed by atoms with Crippen molar-refractivity contribution in [1.29, 1.82) is 0 Å². The number of rotatable bonds is 4. The summed E-state index contributed by atoms with van der Waals surface area (Å²) in [5, 5.41) is 16.7. The van der Waals surface area contributed by atoms with Gasteiger partial charge in [-0.3, -0.25) is 0 Å². The van der Waals surface area contributed by atoms with Crippen molar-refractivity contribution in [2.75, 3.05) is 29.9 Å². The predicted octanol–water partition coefficient (Wildman–Crippen LogP) is 3.28. The van der Waals surface area contributed by atoms with Crippen molar-refractivity contribution in [2.24, 2.45) is 0 Å². The fourth-order valence-corrected chi connectivity index (χ4v) is 4.00. The molecular weight excluding hydrogens is 350 g/mol. The quantitative estimate of drug-likeness (QED) is 0.746. The molecule has 2 aliphatic heterocycles. The zero-order chi connectivity index (χ0) is 19.7. The van der Waals surface area contributed by atoms with Crippen molar-refractivity contribution in [2.45, 2.75) is 46.1 Å². The SMILES string of the molecule is CC1=CC(CNc2nccc(N3CCC(O)CC3)n2)=C2CC(=C1)C(C)=C(C)N2. The van der Waals surface area contributed by atoms with E-state index in [1.54, 1.807) is 6.20 Å². The van der Waals surface area contributed by atoms with Gasteiger partial charge in [0.05, 0.1) is 6.10 Å². The highest BCUT2D eigenvalue weighted by Gasteiger charge is 2.20. The van der Waals surface area contributed by atoms with Crippen LogP contribution in [-0.2, 0) is 0 Å². The van der Waals surface area contributed by atoms with E-state index in [1.165, 1.54) is 33.7 Å². The van der Waals surface area contributed by atoms with Gasteiger partial charge in [0.25, 0.3) is 0 Å². The Morgan fingerprint density at radius 3 is 2.79 bits per heavy atom. The van der Waals surface area contributed by atoms with Crippen LogP contribution in [0, 0.1) is 0 Å². The number of aliphatic hydroxyl groups excluding tert-OH is 1. The lowest BCUT2D eigenvalue weighted by molar-refractivity contribution is 0.145. The van der Waals surface area contributed by atoms with Gasteiger partial charge in [-0.05, 0) is 56.4 Å². The average Bonchev–Trinajstić information content (AvgIpc) is 2.82. The molecule has 0 radical (unpaired) electrons. The second kappa shape index (κ2) is 7.80. The van der Waals surface area contributed by atoms with Crippen molar-refractivity contribution in [1.82, 2.24) is 15.3 Å². The maximum Gasteiger partial charge on any atom is 0.224 e. The van der Waals surface area contributed by atoms with Gasteiger partial charge in [0.2, 0.25) is 5.95 Å². The van der Waals surface area contributed by atoms with Crippen LogP contribution in [0.2, 0.25) is 0 Å². The monoisotopic (exact) mass is 379 g/mol. The van der Waals surface area contributed by atoms with E-state index in [4.69, 9.17) is 4.98 Å². The minimum Gasteiger partial charge on any atom is -0.393 e. The summed E-state index contributed by atoms with van der Waals surface area (Å²) in [4.78, 5) is 11.3. The first-order valence-corrected chi connectivity index (χ1v) is 10.1. The lowest BCUT2D eigenvalue weighted by Gasteiger charge is -2.30. The normalized spacial score (nSPS) is 20.5. The highest BCUT2D eigenvalue weighted by Crippen LogP contribution is 2.32. The molecular formula is C22H29N5O. The molecule has 6 heteroatoms. The maximum absolute atomic E-state index is 9.71. The topological polar surface area (TPSA) is 73.3 Å². The summed E-state index contributed by atoms with van der Waals surface area (Å²) in [5.41, 5.74) is 7.71.